The van der Waals surface area contributed by atoms with Crippen LogP contribution in [0, 0.1) is 0 Å². The molecule has 0 aromatic heterocycles. The van der Waals surface area contributed by atoms with E-state index in [1.807, 2.05) is 0 Å². The predicted molar refractivity (Wildman–Crippen MR) is 68.2 cm³/mol. The van der Waals surface area contributed by atoms with Crippen LogP contribution < -0.4 is 5.32 Å². The van der Waals surface area contributed by atoms with Crippen LogP contribution in [0.1, 0.15) is 24.8 Å². The van der Waals surface area contributed by atoms with Crippen molar-refractivity contribution in [3.63, 3.8) is 0 Å². The van der Waals surface area contributed by atoms with Crippen molar-refractivity contribution in [3.8, 4) is 0 Å². The number of rotatable bonds is 3. The van der Waals surface area contributed by atoms with Gasteiger partial charge >= 0.3 is 0 Å². The lowest BCUT2D eigenvalue weighted by atomic mass is 10.2. The van der Waals surface area contributed by atoms with Gasteiger partial charge in [0.2, 0.25) is 0 Å². The molecule has 0 aliphatic carbocycles. The van der Waals surface area contributed by atoms with Crippen molar-refractivity contribution in [2.45, 2.75) is 30.3 Å². The van der Waals surface area contributed by atoms with Crippen LogP contribution in [-0.2, 0) is 5.75 Å². The van der Waals surface area contributed by atoms with Gasteiger partial charge in [0.05, 0.1) is 0 Å². The zero-order valence-corrected chi connectivity index (χ0v) is 9.93. The minimum absolute atomic E-state index is 0.861. The zero-order valence-electron chi connectivity index (χ0n) is 9.11. The summed E-state index contributed by atoms with van der Waals surface area (Å²) in [5, 5.41) is 4.32. The molecule has 1 aromatic carbocycles. The van der Waals surface area contributed by atoms with E-state index < -0.39 is 0 Å². The first-order valence-electron chi connectivity index (χ1n) is 5.81. The van der Waals surface area contributed by atoms with E-state index in [-0.39, 0.29) is 0 Å². The minimum Gasteiger partial charge on any atom is -0.317 e. The summed E-state index contributed by atoms with van der Waals surface area (Å²) in [6.07, 6.45) is 4.05. The lowest BCUT2D eigenvalue weighted by Gasteiger charge is -2.12. The van der Waals surface area contributed by atoms with Crippen molar-refractivity contribution in [2.75, 3.05) is 13.1 Å². The molecule has 2 rings (SSSR count). The number of hydrogen-bond acceptors (Lipinski definition) is 2. The first-order chi connectivity index (χ1) is 7.45. The van der Waals surface area contributed by atoms with Crippen molar-refractivity contribution in [3.05, 3.63) is 35.9 Å². The molecular weight excluding hydrogens is 202 g/mol. The van der Waals surface area contributed by atoms with Gasteiger partial charge in [-0.25, -0.2) is 0 Å². The monoisotopic (exact) mass is 221 g/mol. The SMILES string of the molecule is c1ccc(CSC2CCCNCC2)cc1. The van der Waals surface area contributed by atoms with Crippen molar-refractivity contribution in [2.24, 2.45) is 0 Å². The summed E-state index contributed by atoms with van der Waals surface area (Å²) in [5.74, 6) is 1.17. The lowest BCUT2D eigenvalue weighted by Crippen LogP contribution is -2.14. The molecule has 1 fully saturated rings. The van der Waals surface area contributed by atoms with Crippen LogP contribution in [0.5, 0.6) is 0 Å². The van der Waals surface area contributed by atoms with Gasteiger partial charge in [0.15, 0.2) is 0 Å². The lowest BCUT2D eigenvalue weighted by molar-refractivity contribution is 0.703. The highest BCUT2D eigenvalue weighted by Gasteiger charge is 2.11. The third kappa shape index (κ3) is 3.88. The van der Waals surface area contributed by atoms with Crippen molar-refractivity contribution >= 4 is 11.8 Å². The van der Waals surface area contributed by atoms with E-state index in [9.17, 15) is 0 Å². The molecule has 1 unspecified atom stereocenters. The topological polar surface area (TPSA) is 12.0 Å². The van der Waals surface area contributed by atoms with E-state index in [4.69, 9.17) is 0 Å². The number of benzene rings is 1. The summed E-state index contributed by atoms with van der Waals surface area (Å²) in [6, 6.07) is 10.8. The normalized spacial score (nSPS) is 22.3. The second kappa shape index (κ2) is 6.19. The molecule has 2 heteroatoms. The van der Waals surface area contributed by atoms with Crippen LogP contribution in [0.15, 0.2) is 30.3 Å². The Kier molecular flexibility index (Phi) is 4.55. The maximum atomic E-state index is 3.46. The molecule has 0 saturated carbocycles. The Morgan fingerprint density at radius 2 is 2.00 bits per heavy atom. The Hall–Kier alpha value is -0.470. The Bertz CT molecular complexity index is 265. The zero-order chi connectivity index (χ0) is 10.3. The van der Waals surface area contributed by atoms with Gasteiger partial charge in [0, 0.05) is 11.0 Å². The van der Waals surface area contributed by atoms with Crippen LogP contribution in [-0.4, -0.2) is 18.3 Å². The third-order valence-electron chi connectivity index (χ3n) is 2.85. The molecule has 0 bridgehead atoms. The van der Waals surface area contributed by atoms with Gasteiger partial charge in [-0.2, -0.15) is 11.8 Å². The standard InChI is InChI=1S/C13H19NS/c1-2-5-12(6-3-1)11-15-13-7-4-9-14-10-8-13/h1-3,5-6,13-14H,4,7-11H2. The van der Waals surface area contributed by atoms with Gasteiger partial charge in [-0.1, -0.05) is 30.3 Å². The highest BCUT2D eigenvalue weighted by Crippen LogP contribution is 2.24. The smallest absolute Gasteiger partial charge is 0.0187 e. The van der Waals surface area contributed by atoms with Gasteiger partial charge in [-0.15, -0.1) is 0 Å². The molecule has 1 saturated heterocycles. The van der Waals surface area contributed by atoms with Crippen LogP contribution in [0.2, 0.25) is 0 Å². The molecule has 0 amide bonds. The van der Waals surface area contributed by atoms with E-state index in [0.29, 0.717) is 0 Å². The van der Waals surface area contributed by atoms with E-state index in [0.717, 1.165) is 5.25 Å². The first kappa shape index (κ1) is 11.0. The highest BCUT2D eigenvalue weighted by molar-refractivity contribution is 7.99. The molecule has 15 heavy (non-hydrogen) atoms. The van der Waals surface area contributed by atoms with Crippen molar-refractivity contribution in [1.82, 2.24) is 5.32 Å². The third-order valence-corrected chi connectivity index (χ3v) is 4.29. The molecule has 0 spiro atoms. The predicted octanol–water partition coefficient (Wildman–Crippen LogP) is 3.06. The Balaban J connectivity index is 1.77. The Morgan fingerprint density at radius 3 is 2.87 bits per heavy atom. The summed E-state index contributed by atoms with van der Waals surface area (Å²) in [6.45, 7) is 2.41. The average molecular weight is 221 g/mol. The number of hydrogen-bond donors (Lipinski definition) is 1. The molecule has 1 N–H and O–H groups in total. The summed E-state index contributed by atoms with van der Waals surface area (Å²) < 4.78 is 0. The molecule has 1 aliphatic rings. The summed E-state index contributed by atoms with van der Waals surface area (Å²) >= 11 is 2.12. The second-order valence-corrected chi connectivity index (χ2v) is 5.39. The quantitative estimate of drug-likeness (QED) is 0.842. The minimum atomic E-state index is 0.861. The van der Waals surface area contributed by atoms with Crippen molar-refractivity contribution < 1.29 is 0 Å². The Labute approximate surface area is 96.7 Å². The fourth-order valence-corrected chi connectivity index (χ4v) is 3.18. The summed E-state index contributed by atoms with van der Waals surface area (Å²) in [7, 11) is 0. The second-order valence-electron chi connectivity index (χ2n) is 4.10. The largest absolute Gasteiger partial charge is 0.317 e. The Morgan fingerprint density at radius 1 is 1.13 bits per heavy atom. The van der Waals surface area contributed by atoms with E-state index in [1.54, 1.807) is 0 Å². The van der Waals surface area contributed by atoms with Gasteiger partial charge in [-0.3, -0.25) is 0 Å². The molecule has 1 heterocycles. The molecule has 1 aliphatic heterocycles. The maximum Gasteiger partial charge on any atom is 0.0187 e. The van der Waals surface area contributed by atoms with Gasteiger partial charge in [-0.05, 0) is 37.9 Å². The van der Waals surface area contributed by atoms with Crippen molar-refractivity contribution in [1.29, 1.82) is 0 Å². The van der Waals surface area contributed by atoms with E-state index in [1.165, 1.54) is 43.7 Å². The van der Waals surface area contributed by atoms with Crippen LogP contribution in [0.3, 0.4) is 0 Å². The van der Waals surface area contributed by atoms with Gasteiger partial charge in [0.1, 0.15) is 0 Å². The fraction of sp³-hybridized carbons (Fsp3) is 0.538. The highest BCUT2D eigenvalue weighted by atomic mass is 32.2. The molecule has 82 valence electrons. The number of thioether (sulfide) groups is 1. The molecule has 1 aromatic rings. The van der Waals surface area contributed by atoms with Crippen LogP contribution in [0.25, 0.3) is 0 Å². The van der Waals surface area contributed by atoms with Gasteiger partial charge in [0.25, 0.3) is 0 Å². The molecular formula is C13H19NS. The first-order valence-corrected chi connectivity index (χ1v) is 6.86. The number of nitrogens with one attached hydrogen (secondary N) is 1. The maximum absolute atomic E-state index is 3.46. The van der Waals surface area contributed by atoms with E-state index >= 15 is 0 Å². The molecule has 1 nitrogen and oxygen atoms in total. The van der Waals surface area contributed by atoms with Crippen LogP contribution >= 0.6 is 11.8 Å². The summed E-state index contributed by atoms with van der Waals surface area (Å²) in [5.41, 5.74) is 1.46. The molecule has 1 atom stereocenters. The van der Waals surface area contributed by atoms with Gasteiger partial charge < -0.3 is 5.32 Å². The van der Waals surface area contributed by atoms with E-state index in [2.05, 4.69) is 47.4 Å². The van der Waals surface area contributed by atoms with Crippen LogP contribution in [0.4, 0.5) is 0 Å². The fourth-order valence-electron chi connectivity index (χ4n) is 1.94. The average Bonchev–Trinajstić information content (AvgIpc) is 2.56. The summed E-state index contributed by atoms with van der Waals surface area (Å²) in [4.78, 5) is 0. The molecule has 0 radical (unpaired) electrons.